The van der Waals surface area contributed by atoms with Crippen LogP contribution in [0.15, 0.2) is 11.4 Å². The van der Waals surface area contributed by atoms with Crippen LogP contribution in [0.25, 0.3) is 11.0 Å². The summed E-state index contributed by atoms with van der Waals surface area (Å²) in [4.78, 5) is 8.85. The molecule has 1 aliphatic heterocycles. The molecule has 0 radical (unpaired) electrons. The average molecular weight is 418 g/mol. The Morgan fingerprint density at radius 2 is 2.24 bits per heavy atom. The third kappa shape index (κ3) is 2.79. The third-order valence-electron chi connectivity index (χ3n) is 3.91. The zero-order valence-electron chi connectivity index (χ0n) is 12.4. The van der Waals surface area contributed by atoms with Gasteiger partial charge in [-0.25, -0.2) is 14.6 Å². The van der Waals surface area contributed by atoms with Gasteiger partial charge in [-0.2, -0.15) is 5.10 Å². The molecule has 2 aromatic heterocycles. The molecule has 114 valence electrons. The third-order valence-corrected chi connectivity index (χ3v) is 5.53. The summed E-state index contributed by atoms with van der Waals surface area (Å²) in [7, 11) is 0. The average Bonchev–Trinajstić information content (AvgIpc) is 3.01. The van der Waals surface area contributed by atoms with Gasteiger partial charge in [-0.3, -0.25) is 0 Å². The number of halogens is 1. The van der Waals surface area contributed by atoms with E-state index in [0.29, 0.717) is 12.0 Å². The summed E-state index contributed by atoms with van der Waals surface area (Å²) in [6.07, 6.45) is 3.97. The molecular formula is C14H19IN4OS. The Hall–Kier alpha value is -0.410. The van der Waals surface area contributed by atoms with E-state index in [0.717, 1.165) is 38.4 Å². The monoisotopic (exact) mass is 418 g/mol. The molecular weight excluding hydrogens is 399 g/mol. The van der Waals surface area contributed by atoms with Crippen LogP contribution in [0.1, 0.15) is 39.8 Å². The van der Waals surface area contributed by atoms with Gasteiger partial charge >= 0.3 is 0 Å². The maximum Gasteiger partial charge on any atom is 0.166 e. The highest BCUT2D eigenvalue weighted by molar-refractivity contribution is 14.1. The standard InChI is InChI=1S/C14H19IN4OS/c1-4-9-8(3)6-10(20-9)19-13-11(12(15)18-19)14(21-5-2)17-7-16-13/h7-10H,4-6H2,1-3H3/t8-,9-,10-/m1/s1. The van der Waals surface area contributed by atoms with Crippen molar-refractivity contribution in [3.63, 3.8) is 0 Å². The van der Waals surface area contributed by atoms with E-state index in [1.54, 1.807) is 18.1 Å². The Balaban J connectivity index is 2.03. The van der Waals surface area contributed by atoms with Gasteiger partial charge in [0.2, 0.25) is 0 Å². The van der Waals surface area contributed by atoms with Crippen molar-refractivity contribution in [2.75, 3.05) is 5.75 Å². The van der Waals surface area contributed by atoms with E-state index in [1.807, 2.05) is 4.68 Å². The first-order chi connectivity index (χ1) is 10.2. The number of nitrogens with zero attached hydrogens (tertiary/aromatic N) is 4. The van der Waals surface area contributed by atoms with Crippen LogP contribution in [0, 0.1) is 9.62 Å². The molecule has 0 N–H and O–H groups in total. The summed E-state index contributed by atoms with van der Waals surface area (Å²) in [6.45, 7) is 6.55. The SMILES string of the molecule is CCSc1ncnc2c1c(I)nn2[C@H]1C[C@@H](C)[C@@H](CC)O1. The van der Waals surface area contributed by atoms with Gasteiger partial charge in [0.05, 0.1) is 11.5 Å². The van der Waals surface area contributed by atoms with Crippen LogP contribution in [0.2, 0.25) is 0 Å². The second-order valence-corrected chi connectivity index (χ2v) is 7.57. The van der Waals surface area contributed by atoms with Gasteiger partial charge in [0.15, 0.2) is 11.9 Å². The molecule has 3 heterocycles. The fourth-order valence-electron chi connectivity index (χ4n) is 2.87. The largest absolute Gasteiger partial charge is 0.353 e. The van der Waals surface area contributed by atoms with Gasteiger partial charge in [-0.15, -0.1) is 11.8 Å². The molecule has 21 heavy (non-hydrogen) atoms. The molecule has 0 bridgehead atoms. The molecule has 3 atom stereocenters. The molecule has 1 fully saturated rings. The first-order valence-corrected chi connectivity index (χ1v) is 9.39. The Bertz CT molecular complexity index is 647. The van der Waals surface area contributed by atoms with Crippen LogP contribution < -0.4 is 0 Å². The molecule has 2 aromatic rings. The normalized spacial score (nSPS) is 25.8. The lowest BCUT2D eigenvalue weighted by Gasteiger charge is -2.13. The number of thioether (sulfide) groups is 1. The minimum atomic E-state index is -0.00894. The minimum absolute atomic E-state index is 0.00894. The molecule has 0 aromatic carbocycles. The number of rotatable bonds is 4. The summed E-state index contributed by atoms with van der Waals surface area (Å²) in [5.74, 6) is 1.55. The molecule has 1 saturated heterocycles. The quantitative estimate of drug-likeness (QED) is 0.429. The van der Waals surface area contributed by atoms with Gasteiger partial charge in [0, 0.05) is 0 Å². The van der Waals surface area contributed by atoms with Crippen molar-refractivity contribution in [2.24, 2.45) is 5.92 Å². The summed E-state index contributed by atoms with van der Waals surface area (Å²) in [6, 6.07) is 0. The number of ether oxygens (including phenoxy) is 1. The zero-order valence-corrected chi connectivity index (χ0v) is 15.4. The van der Waals surface area contributed by atoms with Gasteiger partial charge in [0.25, 0.3) is 0 Å². The molecule has 0 saturated carbocycles. The number of hydrogen-bond acceptors (Lipinski definition) is 5. The van der Waals surface area contributed by atoms with Gasteiger partial charge in [-0.1, -0.05) is 20.8 Å². The van der Waals surface area contributed by atoms with Crippen molar-refractivity contribution in [3.05, 3.63) is 10.0 Å². The molecule has 3 rings (SSSR count). The predicted molar refractivity (Wildman–Crippen MR) is 92.4 cm³/mol. The van der Waals surface area contributed by atoms with Crippen LogP contribution in [-0.4, -0.2) is 31.6 Å². The van der Waals surface area contributed by atoms with E-state index in [2.05, 4.69) is 58.4 Å². The van der Waals surface area contributed by atoms with Crippen molar-refractivity contribution in [1.82, 2.24) is 19.7 Å². The lowest BCUT2D eigenvalue weighted by atomic mass is 10.0. The minimum Gasteiger partial charge on any atom is -0.353 e. The van der Waals surface area contributed by atoms with Crippen molar-refractivity contribution in [2.45, 2.75) is 51.0 Å². The first kappa shape index (κ1) is 15.5. The Morgan fingerprint density at radius 3 is 2.90 bits per heavy atom. The Kier molecular flexibility index (Phi) is 4.70. The maximum absolute atomic E-state index is 6.16. The van der Waals surface area contributed by atoms with Crippen molar-refractivity contribution in [3.8, 4) is 0 Å². The molecule has 7 heteroatoms. The highest BCUT2D eigenvalue weighted by Crippen LogP contribution is 2.37. The molecule has 1 aliphatic rings. The number of hydrogen-bond donors (Lipinski definition) is 0. The number of aromatic nitrogens is 4. The lowest BCUT2D eigenvalue weighted by Crippen LogP contribution is -2.13. The highest BCUT2D eigenvalue weighted by Gasteiger charge is 2.34. The van der Waals surface area contributed by atoms with Crippen LogP contribution in [0.3, 0.4) is 0 Å². The van der Waals surface area contributed by atoms with Crippen molar-refractivity contribution >= 4 is 45.4 Å². The van der Waals surface area contributed by atoms with E-state index < -0.39 is 0 Å². The predicted octanol–water partition coefficient (Wildman–Crippen LogP) is 3.88. The smallest absolute Gasteiger partial charge is 0.166 e. The number of fused-ring (bicyclic) bond motifs is 1. The fourth-order valence-corrected chi connectivity index (χ4v) is 4.51. The highest BCUT2D eigenvalue weighted by atomic mass is 127. The van der Waals surface area contributed by atoms with Crippen LogP contribution in [0.4, 0.5) is 0 Å². The topological polar surface area (TPSA) is 52.8 Å². The second-order valence-electron chi connectivity index (χ2n) is 5.30. The van der Waals surface area contributed by atoms with Crippen molar-refractivity contribution < 1.29 is 4.74 Å². The van der Waals surface area contributed by atoms with Crippen LogP contribution >= 0.6 is 34.4 Å². The second kappa shape index (κ2) is 6.37. The molecule has 5 nitrogen and oxygen atoms in total. The van der Waals surface area contributed by atoms with Gasteiger partial charge in [-0.05, 0) is 47.1 Å². The summed E-state index contributed by atoms with van der Waals surface area (Å²) >= 11 is 4.00. The van der Waals surface area contributed by atoms with E-state index in [9.17, 15) is 0 Å². The lowest BCUT2D eigenvalue weighted by molar-refractivity contribution is -0.00965. The Labute approximate surface area is 142 Å². The summed E-state index contributed by atoms with van der Waals surface area (Å²) in [5.41, 5.74) is 0.888. The van der Waals surface area contributed by atoms with Crippen LogP contribution in [-0.2, 0) is 4.74 Å². The van der Waals surface area contributed by atoms with E-state index in [4.69, 9.17) is 4.74 Å². The molecule has 0 aliphatic carbocycles. The molecule has 0 unspecified atom stereocenters. The summed E-state index contributed by atoms with van der Waals surface area (Å²) < 4.78 is 9.06. The van der Waals surface area contributed by atoms with E-state index >= 15 is 0 Å². The molecule has 0 spiro atoms. The zero-order chi connectivity index (χ0) is 15.0. The van der Waals surface area contributed by atoms with Gasteiger partial charge < -0.3 is 4.74 Å². The maximum atomic E-state index is 6.16. The fraction of sp³-hybridized carbons (Fsp3) is 0.643. The summed E-state index contributed by atoms with van der Waals surface area (Å²) in [5, 5.41) is 6.75. The van der Waals surface area contributed by atoms with Gasteiger partial charge in [0.1, 0.15) is 15.1 Å². The van der Waals surface area contributed by atoms with E-state index in [-0.39, 0.29) is 6.23 Å². The van der Waals surface area contributed by atoms with Crippen LogP contribution in [0.5, 0.6) is 0 Å². The first-order valence-electron chi connectivity index (χ1n) is 7.32. The Morgan fingerprint density at radius 1 is 1.43 bits per heavy atom. The molecule has 0 amide bonds. The van der Waals surface area contributed by atoms with Crippen molar-refractivity contribution in [1.29, 1.82) is 0 Å². The van der Waals surface area contributed by atoms with E-state index in [1.165, 1.54) is 0 Å².